The predicted molar refractivity (Wildman–Crippen MR) is 116 cm³/mol. The first-order valence-electron chi connectivity index (χ1n) is 9.76. The third-order valence-electron chi connectivity index (χ3n) is 5.55. The smallest absolute Gasteiger partial charge is 0.247 e. The van der Waals surface area contributed by atoms with Crippen LogP contribution in [0.15, 0.2) is 58.2 Å². The Balaban J connectivity index is 1.60. The summed E-state index contributed by atoms with van der Waals surface area (Å²) >= 11 is 6.03. The molecule has 0 unspecified atom stereocenters. The van der Waals surface area contributed by atoms with E-state index in [1.165, 1.54) is 15.1 Å². The maximum Gasteiger partial charge on any atom is 0.350 e. The van der Waals surface area contributed by atoms with Crippen LogP contribution >= 0.6 is 11.6 Å². The zero-order chi connectivity index (χ0) is 21.5. The fourth-order valence-electron chi connectivity index (χ4n) is 3.91. The number of hydrogen-bond donors (Lipinski definition) is 0. The average Bonchev–Trinajstić information content (AvgIpc) is 3.05. The van der Waals surface area contributed by atoms with E-state index in [1.54, 1.807) is 30.7 Å². The molecule has 30 heavy (non-hydrogen) atoms. The van der Waals surface area contributed by atoms with Gasteiger partial charge in [0.2, 0.25) is 10.0 Å². The molecule has 0 atom stereocenters. The Morgan fingerprint density at radius 3 is 2.40 bits per heavy atom. The maximum atomic E-state index is 13.1. The lowest BCUT2D eigenvalue weighted by molar-refractivity contribution is 0.311. The van der Waals surface area contributed by atoms with Crippen molar-refractivity contribution in [3.63, 3.8) is 0 Å². The van der Waals surface area contributed by atoms with E-state index in [0.29, 0.717) is 42.3 Å². The van der Waals surface area contributed by atoms with Gasteiger partial charge >= 0.3 is 5.69 Å². The van der Waals surface area contributed by atoms with Crippen LogP contribution in [0.5, 0.6) is 0 Å². The highest BCUT2D eigenvalue weighted by molar-refractivity contribution is 7.89. The molecule has 9 heteroatoms. The number of rotatable bonds is 4. The molecule has 0 amide bonds. The van der Waals surface area contributed by atoms with E-state index in [2.05, 4.69) is 5.10 Å². The standard InChI is InChI=1S/C21H23ClN4O3S/c1-15-8-9-17(22)14-19(15)30(28,29)25-12-10-16(11-13-25)20-23-24(2)21(27)26(20)18-6-4-3-5-7-18/h3-9,14,16H,10-13H2,1-2H3. The summed E-state index contributed by atoms with van der Waals surface area (Å²) in [6, 6.07) is 14.3. The number of halogens is 1. The molecule has 1 aliphatic rings. The molecule has 2 aromatic carbocycles. The molecule has 0 spiro atoms. The fraction of sp³-hybridized carbons (Fsp3) is 0.333. The summed E-state index contributed by atoms with van der Waals surface area (Å²) in [7, 11) is -2.00. The molecule has 0 bridgehead atoms. The van der Waals surface area contributed by atoms with Crippen molar-refractivity contribution >= 4 is 21.6 Å². The van der Waals surface area contributed by atoms with Crippen molar-refractivity contribution in [1.29, 1.82) is 0 Å². The minimum absolute atomic E-state index is 0.00832. The quantitative estimate of drug-likeness (QED) is 0.617. The van der Waals surface area contributed by atoms with Gasteiger partial charge in [0.05, 0.1) is 10.6 Å². The Morgan fingerprint density at radius 1 is 1.07 bits per heavy atom. The first-order chi connectivity index (χ1) is 14.3. The lowest BCUT2D eigenvalue weighted by atomic mass is 9.97. The Bertz CT molecular complexity index is 1230. The van der Waals surface area contributed by atoms with Crippen LogP contribution in [0.4, 0.5) is 0 Å². The van der Waals surface area contributed by atoms with E-state index in [9.17, 15) is 13.2 Å². The van der Waals surface area contributed by atoms with Gasteiger partial charge in [-0.3, -0.25) is 0 Å². The third kappa shape index (κ3) is 3.71. The van der Waals surface area contributed by atoms with Crippen molar-refractivity contribution in [2.24, 2.45) is 7.05 Å². The van der Waals surface area contributed by atoms with Crippen molar-refractivity contribution in [3.05, 3.63) is 75.4 Å². The van der Waals surface area contributed by atoms with Crippen LogP contribution in [-0.4, -0.2) is 40.2 Å². The predicted octanol–water partition coefficient (Wildman–Crippen LogP) is 3.10. The first kappa shape index (κ1) is 20.8. The number of hydrogen-bond acceptors (Lipinski definition) is 4. The van der Waals surface area contributed by atoms with Crippen LogP contribution in [0.3, 0.4) is 0 Å². The summed E-state index contributed by atoms with van der Waals surface area (Å²) in [5.41, 5.74) is 1.22. The molecule has 0 N–H and O–H groups in total. The molecule has 1 saturated heterocycles. The van der Waals surface area contributed by atoms with Gasteiger partial charge in [-0.15, -0.1) is 0 Å². The molecule has 1 aliphatic heterocycles. The van der Waals surface area contributed by atoms with Crippen LogP contribution in [0.1, 0.15) is 30.1 Å². The van der Waals surface area contributed by atoms with Crippen LogP contribution in [0.2, 0.25) is 5.02 Å². The molecular weight excluding hydrogens is 424 g/mol. The van der Waals surface area contributed by atoms with Gasteiger partial charge in [-0.25, -0.2) is 22.5 Å². The number of aromatic nitrogens is 3. The molecule has 3 aromatic rings. The molecule has 7 nitrogen and oxygen atoms in total. The van der Waals surface area contributed by atoms with E-state index in [4.69, 9.17) is 11.6 Å². The zero-order valence-corrected chi connectivity index (χ0v) is 18.4. The van der Waals surface area contributed by atoms with E-state index in [0.717, 1.165) is 5.69 Å². The van der Waals surface area contributed by atoms with Gasteiger partial charge in [0.15, 0.2) is 0 Å². The van der Waals surface area contributed by atoms with Gasteiger partial charge in [-0.1, -0.05) is 35.9 Å². The van der Waals surface area contributed by atoms with Crippen molar-refractivity contribution in [2.45, 2.75) is 30.6 Å². The highest BCUT2D eigenvalue weighted by Gasteiger charge is 2.33. The number of nitrogens with zero attached hydrogens (tertiary/aromatic N) is 4. The Labute approximate surface area is 180 Å². The van der Waals surface area contributed by atoms with E-state index < -0.39 is 10.0 Å². The number of benzene rings is 2. The third-order valence-corrected chi connectivity index (χ3v) is 7.83. The summed E-state index contributed by atoms with van der Waals surface area (Å²) in [5, 5.41) is 4.86. The topological polar surface area (TPSA) is 77.2 Å². The molecule has 2 heterocycles. The summed E-state index contributed by atoms with van der Waals surface area (Å²) in [6.07, 6.45) is 1.17. The highest BCUT2D eigenvalue weighted by Crippen LogP contribution is 2.31. The Hall–Kier alpha value is -2.42. The van der Waals surface area contributed by atoms with Crippen LogP contribution in [0.25, 0.3) is 5.69 Å². The lowest BCUT2D eigenvalue weighted by Gasteiger charge is -2.31. The Kier molecular flexibility index (Phi) is 5.57. The average molecular weight is 447 g/mol. The lowest BCUT2D eigenvalue weighted by Crippen LogP contribution is -2.38. The minimum atomic E-state index is -3.63. The summed E-state index contributed by atoms with van der Waals surface area (Å²) in [6.45, 7) is 2.49. The SMILES string of the molecule is Cc1ccc(Cl)cc1S(=O)(=O)N1CCC(c2nn(C)c(=O)n2-c2ccccc2)CC1. The second-order valence-corrected chi connectivity index (χ2v) is 9.87. The minimum Gasteiger partial charge on any atom is -0.247 e. The van der Waals surface area contributed by atoms with E-state index in [1.807, 2.05) is 30.3 Å². The number of para-hydroxylation sites is 1. The van der Waals surface area contributed by atoms with Crippen LogP contribution in [-0.2, 0) is 17.1 Å². The summed E-state index contributed by atoms with van der Waals surface area (Å²) in [5.74, 6) is 0.663. The summed E-state index contributed by atoms with van der Waals surface area (Å²) < 4.78 is 30.7. The van der Waals surface area contributed by atoms with Gasteiger partial charge in [0.1, 0.15) is 5.82 Å². The molecule has 1 aromatic heterocycles. The van der Waals surface area contributed by atoms with Crippen molar-refractivity contribution < 1.29 is 8.42 Å². The van der Waals surface area contributed by atoms with E-state index >= 15 is 0 Å². The van der Waals surface area contributed by atoms with Gasteiger partial charge in [0.25, 0.3) is 0 Å². The normalized spacial score (nSPS) is 16.1. The van der Waals surface area contributed by atoms with Gasteiger partial charge in [-0.05, 0) is 49.6 Å². The molecule has 158 valence electrons. The Morgan fingerprint density at radius 2 is 1.73 bits per heavy atom. The largest absolute Gasteiger partial charge is 0.350 e. The summed E-state index contributed by atoms with van der Waals surface area (Å²) in [4.78, 5) is 12.9. The van der Waals surface area contributed by atoms with Crippen molar-refractivity contribution in [3.8, 4) is 5.69 Å². The van der Waals surface area contributed by atoms with Gasteiger partial charge < -0.3 is 0 Å². The van der Waals surface area contributed by atoms with Crippen LogP contribution < -0.4 is 5.69 Å². The van der Waals surface area contributed by atoms with Crippen molar-refractivity contribution in [1.82, 2.24) is 18.7 Å². The zero-order valence-electron chi connectivity index (χ0n) is 16.8. The molecule has 0 radical (unpaired) electrons. The highest BCUT2D eigenvalue weighted by atomic mass is 35.5. The molecule has 0 saturated carbocycles. The van der Waals surface area contributed by atoms with Crippen molar-refractivity contribution in [2.75, 3.05) is 13.1 Å². The molecular formula is C21H23ClN4O3S. The van der Waals surface area contributed by atoms with E-state index in [-0.39, 0.29) is 16.5 Å². The number of sulfonamides is 1. The number of piperidine rings is 1. The van der Waals surface area contributed by atoms with Gasteiger partial charge in [0, 0.05) is 31.1 Å². The monoisotopic (exact) mass is 446 g/mol. The molecule has 0 aliphatic carbocycles. The maximum absolute atomic E-state index is 13.1. The number of aryl methyl sites for hydroxylation is 2. The van der Waals surface area contributed by atoms with Gasteiger partial charge in [-0.2, -0.15) is 9.40 Å². The fourth-order valence-corrected chi connectivity index (χ4v) is 5.87. The molecule has 4 rings (SSSR count). The van der Waals surface area contributed by atoms with Crippen LogP contribution in [0, 0.1) is 6.92 Å². The second-order valence-electron chi connectivity index (χ2n) is 7.52. The first-order valence-corrected chi connectivity index (χ1v) is 11.6. The second kappa shape index (κ2) is 8.02. The molecule has 1 fully saturated rings.